The number of nitrogen functional groups attached to an aromatic ring is 1. The molecule has 1 rings (SSSR count). The predicted molar refractivity (Wildman–Crippen MR) is 57.9 cm³/mol. The molecule has 0 aliphatic carbocycles. The molecule has 3 N–H and O–H groups in total. The number of nitrogens with one attached hydrogen (secondary N) is 1. The van der Waals surface area contributed by atoms with Crippen molar-refractivity contribution in [3.63, 3.8) is 0 Å². The van der Waals surface area contributed by atoms with Gasteiger partial charge in [-0.15, -0.1) is 0 Å². The fraction of sp³-hybridized carbons (Fsp3) is 0.364. The maximum atomic E-state index is 13.4. The fourth-order valence-corrected chi connectivity index (χ4v) is 1.25. The number of hydrogen-bond donors (Lipinski definition) is 2. The maximum absolute atomic E-state index is 13.4. The van der Waals surface area contributed by atoms with Gasteiger partial charge >= 0.3 is 0 Å². The van der Waals surface area contributed by atoms with Gasteiger partial charge in [0.15, 0.2) is 23.3 Å². The summed E-state index contributed by atoms with van der Waals surface area (Å²) in [6, 6.07) is 0. The van der Waals surface area contributed by atoms with Gasteiger partial charge in [0, 0.05) is 5.54 Å². The van der Waals surface area contributed by atoms with E-state index in [2.05, 4.69) is 5.32 Å². The van der Waals surface area contributed by atoms with Crippen molar-refractivity contribution in [1.29, 1.82) is 0 Å². The van der Waals surface area contributed by atoms with E-state index in [1.54, 1.807) is 20.8 Å². The van der Waals surface area contributed by atoms with E-state index in [0.29, 0.717) is 0 Å². The summed E-state index contributed by atoms with van der Waals surface area (Å²) in [7, 11) is 0. The Morgan fingerprint density at radius 3 is 1.72 bits per heavy atom. The van der Waals surface area contributed by atoms with Crippen LogP contribution < -0.4 is 11.1 Å². The first kappa shape index (κ1) is 14.3. The highest BCUT2D eigenvalue weighted by molar-refractivity contribution is 5.95. The highest BCUT2D eigenvalue weighted by atomic mass is 19.2. The van der Waals surface area contributed by atoms with E-state index in [9.17, 15) is 22.4 Å². The summed E-state index contributed by atoms with van der Waals surface area (Å²) in [5.74, 6) is -8.45. The van der Waals surface area contributed by atoms with E-state index in [-0.39, 0.29) is 0 Å². The number of benzene rings is 1. The van der Waals surface area contributed by atoms with Crippen molar-refractivity contribution in [2.75, 3.05) is 5.73 Å². The van der Waals surface area contributed by atoms with Crippen LogP contribution in [-0.2, 0) is 0 Å². The van der Waals surface area contributed by atoms with Crippen LogP contribution in [0.1, 0.15) is 31.1 Å². The quantitative estimate of drug-likeness (QED) is 0.465. The lowest BCUT2D eigenvalue weighted by molar-refractivity contribution is 0.0908. The number of carbonyl (C=O) groups excluding carboxylic acids is 1. The Bertz CT molecular complexity index is 480. The third-order valence-corrected chi connectivity index (χ3v) is 2.01. The predicted octanol–water partition coefficient (Wildman–Crippen LogP) is 2.35. The van der Waals surface area contributed by atoms with E-state index in [0.717, 1.165) is 0 Å². The van der Waals surface area contributed by atoms with E-state index < -0.39 is 46.0 Å². The minimum Gasteiger partial charge on any atom is -0.394 e. The largest absolute Gasteiger partial charge is 0.394 e. The Hall–Kier alpha value is -1.79. The van der Waals surface area contributed by atoms with E-state index in [1.807, 2.05) is 0 Å². The molecule has 0 saturated heterocycles. The molecule has 0 bridgehead atoms. The minimum absolute atomic E-state index is 0.815. The lowest BCUT2D eigenvalue weighted by Crippen LogP contribution is -2.41. The van der Waals surface area contributed by atoms with Crippen LogP contribution in [0, 0.1) is 23.3 Å². The molecule has 0 atom stereocenters. The molecule has 0 unspecified atom stereocenters. The van der Waals surface area contributed by atoms with E-state index in [1.165, 1.54) is 0 Å². The van der Waals surface area contributed by atoms with Gasteiger partial charge in [0.25, 0.3) is 5.91 Å². The summed E-state index contributed by atoms with van der Waals surface area (Å²) in [5.41, 5.74) is 1.38. The zero-order valence-electron chi connectivity index (χ0n) is 10.00. The van der Waals surface area contributed by atoms with Gasteiger partial charge in [-0.1, -0.05) is 0 Å². The average Bonchev–Trinajstić information content (AvgIpc) is 2.21. The van der Waals surface area contributed by atoms with Crippen molar-refractivity contribution < 1.29 is 22.4 Å². The van der Waals surface area contributed by atoms with Crippen LogP contribution in [0.4, 0.5) is 23.2 Å². The first-order valence-electron chi connectivity index (χ1n) is 5.00. The molecule has 0 aliphatic rings. The second-order valence-electron chi connectivity index (χ2n) is 4.75. The van der Waals surface area contributed by atoms with Crippen LogP contribution in [0.2, 0.25) is 0 Å². The standard InChI is InChI=1S/C11H12F4N2O/c1-11(2,3)17-10(18)4-5(12)7(14)9(16)8(15)6(4)13/h16H2,1-3H3,(H,17,18). The molecule has 1 aromatic carbocycles. The summed E-state index contributed by atoms with van der Waals surface area (Å²) < 4.78 is 53.1. The van der Waals surface area contributed by atoms with Gasteiger partial charge < -0.3 is 11.1 Å². The Balaban J connectivity index is 3.38. The number of anilines is 1. The Kier molecular flexibility index (Phi) is 3.54. The van der Waals surface area contributed by atoms with Gasteiger partial charge in [-0.05, 0) is 20.8 Å². The average molecular weight is 264 g/mol. The van der Waals surface area contributed by atoms with Crippen molar-refractivity contribution in [2.24, 2.45) is 0 Å². The lowest BCUT2D eigenvalue weighted by Gasteiger charge is -2.21. The maximum Gasteiger partial charge on any atom is 0.257 e. The number of halogens is 4. The van der Waals surface area contributed by atoms with Crippen LogP contribution >= 0.6 is 0 Å². The zero-order chi connectivity index (χ0) is 14.2. The normalized spacial score (nSPS) is 11.5. The molecule has 1 aromatic rings. The number of carbonyl (C=O) groups is 1. The topological polar surface area (TPSA) is 55.1 Å². The second-order valence-corrected chi connectivity index (χ2v) is 4.75. The van der Waals surface area contributed by atoms with Crippen molar-refractivity contribution in [1.82, 2.24) is 5.32 Å². The van der Waals surface area contributed by atoms with Gasteiger partial charge in [0.05, 0.1) is 0 Å². The van der Waals surface area contributed by atoms with E-state index in [4.69, 9.17) is 5.73 Å². The Morgan fingerprint density at radius 2 is 1.39 bits per heavy atom. The molecule has 0 aliphatic heterocycles. The van der Waals surface area contributed by atoms with Gasteiger partial charge in [-0.3, -0.25) is 4.79 Å². The lowest BCUT2D eigenvalue weighted by atomic mass is 10.1. The molecule has 0 heterocycles. The van der Waals surface area contributed by atoms with Gasteiger partial charge in [-0.25, -0.2) is 17.6 Å². The summed E-state index contributed by atoms with van der Waals surface area (Å²) >= 11 is 0. The smallest absolute Gasteiger partial charge is 0.257 e. The molecular formula is C11H12F4N2O. The molecule has 18 heavy (non-hydrogen) atoms. The fourth-order valence-electron chi connectivity index (χ4n) is 1.25. The molecular weight excluding hydrogens is 252 g/mol. The van der Waals surface area contributed by atoms with Crippen LogP contribution in [-0.4, -0.2) is 11.4 Å². The zero-order valence-corrected chi connectivity index (χ0v) is 10.00. The molecule has 0 aromatic heterocycles. The van der Waals surface area contributed by atoms with Gasteiger partial charge in [0.1, 0.15) is 11.3 Å². The van der Waals surface area contributed by atoms with Crippen LogP contribution in [0.25, 0.3) is 0 Å². The number of hydrogen-bond acceptors (Lipinski definition) is 2. The summed E-state index contributed by atoms with van der Waals surface area (Å²) in [4.78, 5) is 11.6. The highest BCUT2D eigenvalue weighted by Crippen LogP contribution is 2.26. The number of nitrogens with two attached hydrogens (primary N) is 1. The molecule has 100 valence electrons. The first-order valence-corrected chi connectivity index (χ1v) is 5.00. The van der Waals surface area contributed by atoms with Gasteiger partial charge in [-0.2, -0.15) is 0 Å². The molecule has 0 fully saturated rings. The Labute approximate surface area is 101 Å². The summed E-state index contributed by atoms with van der Waals surface area (Å²) in [5, 5.41) is 2.20. The third-order valence-electron chi connectivity index (χ3n) is 2.01. The van der Waals surface area contributed by atoms with Gasteiger partial charge in [0.2, 0.25) is 0 Å². The summed E-state index contributed by atoms with van der Waals surface area (Å²) in [6.07, 6.45) is 0. The molecule has 0 radical (unpaired) electrons. The Morgan fingerprint density at radius 1 is 1.00 bits per heavy atom. The van der Waals surface area contributed by atoms with Crippen molar-refractivity contribution in [2.45, 2.75) is 26.3 Å². The second kappa shape index (κ2) is 4.47. The number of rotatable bonds is 1. The number of amides is 1. The first-order chi connectivity index (χ1) is 8.06. The third kappa shape index (κ3) is 2.55. The molecule has 0 spiro atoms. The molecule has 0 saturated carbocycles. The van der Waals surface area contributed by atoms with Crippen molar-refractivity contribution in [3.05, 3.63) is 28.8 Å². The minimum atomic E-state index is -1.81. The van der Waals surface area contributed by atoms with Crippen LogP contribution in [0.3, 0.4) is 0 Å². The monoisotopic (exact) mass is 264 g/mol. The van der Waals surface area contributed by atoms with Crippen molar-refractivity contribution in [3.8, 4) is 0 Å². The molecule has 3 nitrogen and oxygen atoms in total. The van der Waals surface area contributed by atoms with Crippen molar-refractivity contribution >= 4 is 11.6 Å². The summed E-state index contributed by atoms with van der Waals surface area (Å²) in [6.45, 7) is 4.64. The molecule has 7 heteroatoms. The van der Waals surface area contributed by atoms with Crippen LogP contribution in [0.5, 0.6) is 0 Å². The SMILES string of the molecule is CC(C)(C)NC(=O)c1c(F)c(F)c(N)c(F)c1F. The van der Waals surface area contributed by atoms with E-state index >= 15 is 0 Å². The van der Waals surface area contributed by atoms with Crippen LogP contribution in [0.15, 0.2) is 0 Å². The highest BCUT2D eigenvalue weighted by Gasteiger charge is 2.29. The molecule has 1 amide bonds.